The summed E-state index contributed by atoms with van der Waals surface area (Å²) in [5, 5.41) is 9.50. The van der Waals surface area contributed by atoms with E-state index in [1.165, 1.54) is 19.5 Å². The van der Waals surface area contributed by atoms with Crippen molar-refractivity contribution in [2.45, 2.75) is 25.9 Å². The Morgan fingerprint density at radius 2 is 2.29 bits per heavy atom. The second kappa shape index (κ2) is 4.72. The molecule has 0 aliphatic carbocycles. The van der Waals surface area contributed by atoms with Gasteiger partial charge in [-0.1, -0.05) is 0 Å². The predicted molar refractivity (Wildman–Crippen MR) is 48.6 cm³/mol. The fourth-order valence-corrected chi connectivity index (χ4v) is 1.15. The standard InChI is InChI=1S/C10H12O4/c1-7(11)4-9(12)5-10(13)8-2-3-14-6-8/h2-3,6,10,13H,4-5H2,1H3. The quantitative estimate of drug-likeness (QED) is 0.719. The molecule has 0 aliphatic rings. The van der Waals surface area contributed by atoms with Gasteiger partial charge in [0.2, 0.25) is 0 Å². The van der Waals surface area contributed by atoms with Crippen LogP contribution in [0.1, 0.15) is 31.4 Å². The Hall–Kier alpha value is -1.42. The van der Waals surface area contributed by atoms with Crippen molar-refractivity contribution in [2.75, 3.05) is 0 Å². The third kappa shape index (κ3) is 3.14. The molecule has 1 aromatic rings. The normalized spacial score (nSPS) is 12.4. The van der Waals surface area contributed by atoms with Crippen molar-refractivity contribution in [2.24, 2.45) is 0 Å². The van der Waals surface area contributed by atoms with Crippen LogP contribution in [0.5, 0.6) is 0 Å². The Labute approximate surface area is 81.5 Å². The molecule has 0 fully saturated rings. The highest BCUT2D eigenvalue weighted by Crippen LogP contribution is 2.17. The lowest BCUT2D eigenvalue weighted by atomic mass is 10.0. The van der Waals surface area contributed by atoms with Crippen molar-refractivity contribution in [1.29, 1.82) is 0 Å². The maximum atomic E-state index is 11.1. The molecule has 0 aliphatic heterocycles. The Morgan fingerprint density at radius 3 is 2.79 bits per heavy atom. The maximum Gasteiger partial charge on any atom is 0.143 e. The second-order valence-corrected chi connectivity index (χ2v) is 3.19. The molecule has 76 valence electrons. The van der Waals surface area contributed by atoms with E-state index in [2.05, 4.69) is 0 Å². The number of carbonyl (C=O) groups is 2. The largest absolute Gasteiger partial charge is 0.472 e. The molecule has 1 aromatic heterocycles. The molecule has 1 unspecified atom stereocenters. The summed E-state index contributed by atoms with van der Waals surface area (Å²) in [6, 6.07) is 1.59. The first kappa shape index (κ1) is 10.7. The Morgan fingerprint density at radius 1 is 1.57 bits per heavy atom. The minimum Gasteiger partial charge on any atom is -0.472 e. The smallest absolute Gasteiger partial charge is 0.143 e. The maximum absolute atomic E-state index is 11.1. The molecule has 1 atom stereocenters. The minimum atomic E-state index is -0.874. The monoisotopic (exact) mass is 196 g/mol. The number of ketones is 2. The van der Waals surface area contributed by atoms with E-state index in [9.17, 15) is 14.7 Å². The van der Waals surface area contributed by atoms with Gasteiger partial charge in [0.15, 0.2) is 0 Å². The van der Waals surface area contributed by atoms with Crippen LogP contribution in [0.25, 0.3) is 0 Å². The van der Waals surface area contributed by atoms with E-state index in [-0.39, 0.29) is 24.4 Å². The fourth-order valence-electron chi connectivity index (χ4n) is 1.15. The molecule has 1 N–H and O–H groups in total. The number of carbonyl (C=O) groups excluding carboxylic acids is 2. The van der Waals surface area contributed by atoms with Crippen LogP contribution in [0.4, 0.5) is 0 Å². The molecule has 1 heterocycles. The summed E-state index contributed by atoms with van der Waals surface area (Å²) in [6.07, 6.45) is 1.77. The van der Waals surface area contributed by atoms with E-state index >= 15 is 0 Å². The summed E-state index contributed by atoms with van der Waals surface area (Å²) in [4.78, 5) is 21.7. The molecule has 0 spiro atoms. The van der Waals surface area contributed by atoms with Crippen molar-refractivity contribution in [3.63, 3.8) is 0 Å². The molecule has 14 heavy (non-hydrogen) atoms. The zero-order chi connectivity index (χ0) is 10.6. The van der Waals surface area contributed by atoms with Gasteiger partial charge in [-0.05, 0) is 13.0 Å². The number of hydrogen-bond acceptors (Lipinski definition) is 4. The summed E-state index contributed by atoms with van der Waals surface area (Å²) in [7, 11) is 0. The van der Waals surface area contributed by atoms with Gasteiger partial charge in [-0.15, -0.1) is 0 Å². The van der Waals surface area contributed by atoms with Gasteiger partial charge in [0.25, 0.3) is 0 Å². The van der Waals surface area contributed by atoms with Gasteiger partial charge < -0.3 is 9.52 Å². The lowest BCUT2D eigenvalue weighted by Gasteiger charge is -2.05. The molecule has 0 bridgehead atoms. The van der Waals surface area contributed by atoms with Gasteiger partial charge in [0.05, 0.1) is 25.1 Å². The van der Waals surface area contributed by atoms with Gasteiger partial charge in [-0.3, -0.25) is 9.59 Å². The molecule has 4 heteroatoms. The highest BCUT2D eigenvalue weighted by atomic mass is 16.3. The molecular weight excluding hydrogens is 184 g/mol. The lowest BCUT2D eigenvalue weighted by molar-refractivity contribution is -0.127. The van der Waals surface area contributed by atoms with Gasteiger partial charge in [0, 0.05) is 12.0 Å². The number of aliphatic hydroxyl groups is 1. The predicted octanol–water partition coefficient (Wildman–Crippen LogP) is 1.25. The SMILES string of the molecule is CC(=O)CC(=O)CC(O)c1ccoc1. The summed E-state index contributed by atoms with van der Waals surface area (Å²) >= 11 is 0. The average molecular weight is 196 g/mol. The zero-order valence-corrected chi connectivity index (χ0v) is 7.90. The van der Waals surface area contributed by atoms with Gasteiger partial charge in [-0.2, -0.15) is 0 Å². The van der Waals surface area contributed by atoms with Crippen molar-refractivity contribution < 1.29 is 19.1 Å². The summed E-state index contributed by atoms with van der Waals surface area (Å²) in [6.45, 7) is 1.35. The molecule has 0 saturated carbocycles. The lowest BCUT2D eigenvalue weighted by Crippen LogP contribution is -2.09. The van der Waals surface area contributed by atoms with Crippen molar-refractivity contribution in [1.82, 2.24) is 0 Å². The van der Waals surface area contributed by atoms with E-state index in [0.717, 1.165) is 0 Å². The molecule has 0 aromatic carbocycles. The van der Waals surface area contributed by atoms with E-state index in [4.69, 9.17) is 4.42 Å². The Bertz CT molecular complexity index is 313. The third-order valence-corrected chi connectivity index (χ3v) is 1.80. The van der Waals surface area contributed by atoms with Crippen molar-refractivity contribution in [3.05, 3.63) is 24.2 Å². The van der Waals surface area contributed by atoms with Crippen molar-refractivity contribution >= 4 is 11.6 Å². The Kier molecular flexibility index (Phi) is 3.59. The summed E-state index contributed by atoms with van der Waals surface area (Å²) in [5.41, 5.74) is 0.557. The van der Waals surface area contributed by atoms with E-state index in [0.29, 0.717) is 5.56 Å². The summed E-state index contributed by atoms with van der Waals surface area (Å²) in [5.74, 6) is -0.444. The van der Waals surface area contributed by atoms with E-state index in [1.54, 1.807) is 6.07 Å². The number of furan rings is 1. The van der Waals surface area contributed by atoms with Crippen LogP contribution in [0, 0.1) is 0 Å². The zero-order valence-electron chi connectivity index (χ0n) is 7.90. The first-order chi connectivity index (χ1) is 6.59. The highest BCUT2D eigenvalue weighted by molar-refractivity contribution is 5.98. The molecular formula is C10H12O4. The third-order valence-electron chi connectivity index (χ3n) is 1.80. The van der Waals surface area contributed by atoms with Crippen LogP contribution in [0.3, 0.4) is 0 Å². The summed E-state index contributed by atoms with van der Waals surface area (Å²) < 4.78 is 4.76. The molecule has 1 rings (SSSR count). The first-order valence-electron chi connectivity index (χ1n) is 4.31. The van der Waals surface area contributed by atoms with Gasteiger partial charge >= 0.3 is 0 Å². The van der Waals surface area contributed by atoms with Crippen LogP contribution in [0.15, 0.2) is 23.0 Å². The molecule has 0 saturated heterocycles. The van der Waals surface area contributed by atoms with Crippen LogP contribution >= 0.6 is 0 Å². The fraction of sp³-hybridized carbons (Fsp3) is 0.400. The van der Waals surface area contributed by atoms with Gasteiger partial charge in [0.1, 0.15) is 11.6 Å². The first-order valence-corrected chi connectivity index (χ1v) is 4.31. The highest BCUT2D eigenvalue weighted by Gasteiger charge is 2.14. The Balaban J connectivity index is 2.45. The van der Waals surface area contributed by atoms with E-state index in [1.807, 2.05) is 0 Å². The average Bonchev–Trinajstić information content (AvgIpc) is 2.53. The van der Waals surface area contributed by atoms with Crippen LogP contribution in [-0.4, -0.2) is 16.7 Å². The van der Waals surface area contributed by atoms with Crippen LogP contribution in [0.2, 0.25) is 0 Å². The minimum absolute atomic E-state index is 0.0425. The number of rotatable bonds is 5. The number of Topliss-reactive ketones (excluding diaryl/α,β-unsaturated/α-hetero) is 2. The number of hydrogen-bond donors (Lipinski definition) is 1. The van der Waals surface area contributed by atoms with Gasteiger partial charge in [-0.25, -0.2) is 0 Å². The van der Waals surface area contributed by atoms with E-state index < -0.39 is 6.10 Å². The van der Waals surface area contributed by atoms with Crippen LogP contribution < -0.4 is 0 Å². The van der Waals surface area contributed by atoms with Crippen LogP contribution in [-0.2, 0) is 9.59 Å². The van der Waals surface area contributed by atoms with Crippen molar-refractivity contribution in [3.8, 4) is 0 Å². The second-order valence-electron chi connectivity index (χ2n) is 3.19. The molecule has 0 amide bonds. The number of aliphatic hydroxyl groups excluding tert-OH is 1. The molecule has 0 radical (unpaired) electrons. The molecule has 4 nitrogen and oxygen atoms in total. The topological polar surface area (TPSA) is 67.5 Å².